The first-order valence-corrected chi connectivity index (χ1v) is 6.70. The summed E-state index contributed by atoms with van der Waals surface area (Å²) in [7, 11) is 0. The third-order valence-corrected chi connectivity index (χ3v) is 3.40. The Kier molecular flexibility index (Phi) is 4.68. The predicted octanol–water partition coefficient (Wildman–Crippen LogP) is 0.636. The molecule has 1 fully saturated rings. The summed E-state index contributed by atoms with van der Waals surface area (Å²) in [4.78, 5) is 23.8. The van der Waals surface area contributed by atoms with Gasteiger partial charge in [-0.05, 0) is 12.6 Å². The molecule has 0 aliphatic carbocycles. The number of aromatic nitrogens is 2. The van der Waals surface area contributed by atoms with E-state index in [1.165, 1.54) is 0 Å². The summed E-state index contributed by atoms with van der Waals surface area (Å²) in [6.07, 6.45) is 2.18. The van der Waals surface area contributed by atoms with Crippen molar-refractivity contribution >= 4 is 11.8 Å². The van der Waals surface area contributed by atoms with E-state index in [0.717, 1.165) is 38.5 Å². The van der Waals surface area contributed by atoms with Gasteiger partial charge in [-0.3, -0.25) is 4.79 Å². The van der Waals surface area contributed by atoms with Crippen LogP contribution in [0.4, 0.5) is 5.82 Å². The molecular weight excluding hydrogens is 244 g/mol. The third-order valence-electron chi connectivity index (χ3n) is 3.40. The number of carbonyl (C=O) groups is 1. The van der Waals surface area contributed by atoms with Gasteiger partial charge in [0.15, 0.2) is 0 Å². The molecule has 1 saturated heterocycles. The van der Waals surface area contributed by atoms with Crippen molar-refractivity contribution in [1.29, 1.82) is 0 Å². The Balaban J connectivity index is 1.97. The van der Waals surface area contributed by atoms with Crippen LogP contribution >= 0.6 is 0 Å². The fourth-order valence-corrected chi connectivity index (χ4v) is 2.20. The van der Waals surface area contributed by atoms with E-state index in [9.17, 15) is 4.79 Å². The first-order chi connectivity index (χ1) is 9.19. The van der Waals surface area contributed by atoms with Crippen LogP contribution < -0.4 is 4.90 Å². The number of hydrogen-bond acceptors (Lipinski definition) is 5. The highest BCUT2D eigenvalue weighted by Crippen LogP contribution is 2.13. The minimum absolute atomic E-state index is 0.0765. The second-order valence-electron chi connectivity index (χ2n) is 4.65. The number of nitrogens with zero attached hydrogens (tertiary/aromatic N) is 4. The molecule has 0 bridgehead atoms. The highest BCUT2D eigenvalue weighted by atomic mass is 16.4. The molecule has 0 atom stereocenters. The fraction of sp³-hybridized carbons (Fsp3) is 0.615. The molecule has 1 aromatic rings. The molecule has 0 radical (unpaired) electrons. The number of hydrogen-bond donors (Lipinski definition) is 1. The summed E-state index contributed by atoms with van der Waals surface area (Å²) >= 11 is 0. The van der Waals surface area contributed by atoms with E-state index in [4.69, 9.17) is 5.11 Å². The Morgan fingerprint density at radius 1 is 1.37 bits per heavy atom. The molecule has 1 aromatic heterocycles. The molecule has 1 aliphatic heterocycles. The highest BCUT2D eigenvalue weighted by molar-refractivity contribution is 5.66. The molecule has 0 amide bonds. The van der Waals surface area contributed by atoms with Crippen LogP contribution in [0.5, 0.6) is 0 Å². The van der Waals surface area contributed by atoms with E-state index in [2.05, 4.69) is 26.7 Å². The molecule has 0 unspecified atom stereocenters. The van der Waals surface area contributed by atoms with E-state index in [1.807, 2.05) is 6.07 Å². The Hall–Kier alpha value is -1.69. The van der Waals surface area contributed by atoms with Crippen molar-refractivity contribution in [1.82, 2.24) is 14.9 Å². The lowest BCUT2D eigenvalue weighted by Gasteiger charge is -2.34. The molecule has 0 aromatic carbocycles. The maximum atomic E-state index is 10.6. The van der Waals surface area contributed by atoms with Gasteiger partial charge < -0.3 is 14.9 Å². The summed E-state index contributed by atoms with van der Waals surface area (Å²) in [6, 6.07) is 1.89. The van der Waals surface area contributed by atoms with E-state index < -0.39 is 5.97 Å². The second kappa shape index (κ2) is 6.47. The number of piperazine rings is 1. The van der Waals surface area contributed by atoms with Crippen molar-refractivity contribution in [2.45, 2.75) is 19.8 Å². The van der Waals surface area contributed by atoms with Gasteiger partial charge in [-0.25, -0.2) is 9.97 Å². The highest BCUT2D eigenvalue weighted by Gasteiger charge is 2.17. The van der Waals surface area contributed by atoms with Gasteiger partial charge in [0.25, 0.3) is 0 Å². The number of aryl methyl sites for hydroxylation is 1. The van der Waals surface area contributed by atoms with Crippen molar-refractivity contribution in [2.24, 2.45) is 0 Å². The summed E-state index contributed by atoms with van der Waals surface area (Å²) in [6.45, 7) is 7.27. The van der Waals surface area contributed by atoms with E-state index in [-0.39, 0.29) is 6.42 Å². The van der Waals surface area contributed by atoms with Gasteiger partial charge >= 0.3 is 5.97 Å². The molecule has 1 N–H and O–H groups in total. The van der Waals surface area contributed by atoms with Gasteiger partial charge in [0.05, 0.1) is 6.42 Å². The Labute approximate surface area is 113 Å². The van der Waals surface area contributed by atoms with E-state index >= 15 is 0 Å². The summed E-state index contributed by atoms with van der Waals surface area (Å²) in [5.41, 5.74) is 0. The van der Waals surface area contributed by atoms with Crippen molar-refractivity contribution in [2.75, 3.05) is 37.6 Å². The zero-order valence-electron chi connectivity index (χ0n) is 11.2. The van der Waals surface area contributed by atoms with Gasteiger partial charge in [-0.15, -0.1) is 0 Å². The monoisotopic (exact) mass is 264 g/mol. The topological polar surface area (TPSA) is 69.6 Å². The fourth-order valence-electron chi connectivity index (χ4n) is 2.20. The summed E-state index contributed by atoms with van der Waals surface area (Å²) in [5, 5.41) is 8.68. The van der Waals surface area contributed by atoms with Crippen LogP contribution in [-0.2, 0) is 11.2 Å². The number of rotatable bonds is 5. The molecule has 6 heteroatoms. The molecular formula is C13H20N4O2. The maximum Gasteiger partial charge on any atom is 0.303 e. The zero-order valence-corrected chi connectivity index (χ0v) is 11.2. The molecule has 2 heterocycles. The van der Waals surface area contributed by atoms with Crippen LogP contribution in [-0.4, -0.2) is 58.7 Å². The van der Waals surface area contributed by atoms with Crippen LogP contribution in [0.15, 0.2) is 12.3 Å². The average molecular weight is 264 g/mol. The number of likely N-dealkylation sites (N-methyl/N-ethyl adjacent to an activating group) is 1. The zero-order chi connectivity index (χ0) is 13.7. The summed E-state index contributed by atoms with van der Waals surface area (Å²) in [5.74, 6) is 0.703. The lowest BCUT2D eigenvalue weighted by atomic mass is 10.3. The standard InChI is InChI=1S/C13H20N4O2/c1-2-16-7-9-17(10-8-16)12-5-6-14-11(15-12)3-4-13(18)19/h5-6H,2-4,7-10H2,1H3,(H,18,19). The minimum Gasteiger partial charge on any atom is -0.481 e. The molecule has 0 spiro atoms. The van der Waals surface area contributed by atoms with Crippen LogP contribution in [0.1, 0.15) is 19.2 Å². The van der Waals surface area contributed by atoms with Gasteiger partial charge in [0, 0.05) is 38.8 Å². The average Bonchev–Trinajstić information content (AvgIpc) is 2.45. The Morgan fingerprint density at radius 2 is 2.11 bits per heavy atom. The third kappa shape index (κ3) is 3.89. The van der Waals surface area contributed by atoms with E-state index in [0.29, 0.717) is 12.2 Å². The number of carboxylic acids is 1. The van der Waals surface area contributed by atoms with Crippen LogP contribution in [0, 0.1) is 0 Å². The largest absolute Gasteiger partial charge is 0.481 e. The lowest BCUT2D eigenvalue weighted by molar-refractivity contribution is -0.137. The van der Waals surface area contributed by atoms with Gasteiger partial charge in [-0.2, -0.15) is 0 Å². The van der Waals surface area contributed by atoms with Crippen LogP contribution in [0.3, 0.4) is 0 Å². The quantitative estimate of drug-likeness (QED) is 0.841. The molecule has 104 valence electrons. The first kappa shape index (κ1) is 13.7. The van der Waals surface area contributed by atoms with Gasteiger partial charge in [-0.1, -0.05) is 6.92 Å². The van der Waals surface area contributed by atoms with Crippen molar-refractivity contribution in [3.63, 3.8) is 0 Å². The van der Waals surface area contributed by atoms with Crippen molar-refractivity contribution < 1.29 is 9.90 Å². The number of carboxylic acid groups (broad SMARTS) is 1. The van der Waals surface area contributed by atoms with E-state index in [1.54, 1.807) is 6.20 Å². The van der Waals surface area contributed by atoms with Gasteiger partial charge in [0.2, 0.25) is 0 Å². The molecule has 19 heavy (non-hydrogen) atoms. The van der Waals surface area contributed by atoms with Crippen molar-refractivity contribution in [3.8, 4) is 0 Å². The molecule has 1 aliphatic rings. The Morgan fingerprint density at radius 3 is 2.74 bits per heavy atom. The number of anilines is 1. The lowest BCUT2D eigenvalue weighted by Crippen LogP contribution is -2.46. The molecule has 0 saturated carbocycles. The smallest absolute Gasteiger partial charge is 0.303 e. The molecule has 2 rings (SSSR count). The minimum atomic E-state index is -0.814. The van der Waals surface area contributed by atoms with Crippen LogP contribution in [0.25, 0.3) is 0 Å². The van der Waals surface area contributed by atoms with Crippen LogP contribution in [0.2, 0.25) is 0 Å². The SMILES string of the molecule is CCN1CCN(c2ccnc(CCC(=O)O)n2)CC1. The first-order valence-electron chi connectivity index (χ1n) is 6.70. The summed E-state index contributed by atoms with van der Waals surface area (Å²) < 4.78 is 0. The van der Waals surface area contributed by atoms with Gasteiger partial charge in [0.1, 0.15) is 11.6 Å². The number of aliphatic carboxylic acids is 1. The second-order valence-corrected chi connectivity index (χ2v) is 4.65. The normalized spacial score (nSPS) is 16.6. The Bertz CT molecular complexity index is 430. The van der Waals surface area contributed by atoms with Crippen molar-refractivity contribution in [3.05, 3.63) is 18.1 Å². The predicted molar refractivity (Wildman–Crippen MR) is 72.3 cm³/mol. The maximum absolute atomic E-state index is 10.6. The molecule has 6 nitrogen and oxygen atoms in total.